The second-order valence-electron chi connectivity index (χ2n) is 5.91. The molecule has 0 N–H and O–H groups in total. The smallest absolute Gasteiger partial charge is 0.192 e. The van der Waals surface area contributed by atoms with E-state index in [1.165, 1.54) is 11.8 Å². The second kappa shape index (κ2) is 8.59. The molecule has 0 aliphatic rings. The molecule has 0 amide bonds. The molecule has 27 heavy (non-hydrogen) atoms. The van der Waals surface area contributed by atoms with E-state index < -0.39 is 0 Å². The van der Waals surface area contributed by atoms with Crippen molar-refractivity contribution in [1.82, 2.24) is 14.8 Å². The van der Waals surface area contributed by atoms with Crippen LogP contribution in [-0.4, -0.2) is 32.9 Å². The van der Waals surface area contributed by atoms with Crippen molar-refractivity contribution in [2.75, 3.05) is 7.11 Å². The Morgan fingerprint density at radius 3 is 2.59 bits per heavy atom. The first-order valence-corrected chi connectivity index (χ1v) is 9.83. The number of halogens is 1. The number of carbonyl (C=O) groups is 1. The van der Waals surface area contributed by atoms with Gasteiger partial charge < -0.3 is 9.30 Å². The molecule has 0 spiro atoms. The fraction of sp³-hybridized carbons (Fsp3) is 0.250. The number of nitrogens with zero attached hydrogens (tertiary/aromatic N) is 3. The third-order valence-corrected chi connectivity index (χ3v) is 5.46. The van der Waals surface area contributed by atoms with E-state index in [1.54, 1.807) is 31.4 Å². The Morgan fingerprint density at radius 2 is 1.96 bits per heavy atom. The average Bonchev–Trinajstić information content (AvgIpc) is 3.09. The summed E-state index contributed by atoms with van der Waals surface area (Å²) in [5.41, 5.74) is 1.55. The fourth-order valence-corrected chi connectivity index (χ4v) is 3.88. The predicted octanol–water partition coefficient (Wildman–Crippen LogP) is 4.99. The largest absolute Gasteiger partial charge is 0.497 e. The summed E-state index contributed by atoms with van der Waals surface area (Å²) >= 11 is 7.40. The molecule has 2 aromatic carbocycles. The third kappa shape index (κ3) is 4.34. The van der Waals surface area contributed by atoms with Gasteiger partial charge in [0, 0.05) is 22.7 Å². The molecule has 3 rings (SSSR count). The topological polar surface area (TPSA) is 57.0 Å². The molecular weight excluding hydrogens is 382 g/mol. The Balaban J connectivity index is 1.82. The lowest BCUT2D eigenvalue weighted by Gasteiger charge is -2.12. The first kappa shape index (κ1) is 19.5. The molecule has 5 nitrogen and oxygen atoms in total. The number of ketones is 1. The van der Waals surface area contributed by atoms with Crippen LogP contribution in [0, 0.1) is 0 Å². The third-order valence-electron chi connectivity index (χ3n) is 4.14. The minimum atomic E-state index is -0.304. The molecule has 0 saturated carbocycles. The number of benzene rings is 2. The van der Waals surface area contributed by atoms with Crippen molar-refractivity contribution >= 4 is 29.1 Å². The zero-order valence-electron chi connectivity index (χ0n) is 15.3. The molecule has 0 bridgehead atoms. The molecule has 3 aromatic rings. The van der Waals surface area contributed by atoms with Crippen LogP contribution in [0.25, 0.3) is 11.4 Å². The Bertz CT molecular complexity index is 941. The van der Waals surface area contributed by atoms with Gasteiger partial charge in [0.2, 0.25) is 0 Å². The van der Waals surface area contributed by atoms with Gasteiger partial charge in [-0.25, -0.2) is 0 Å². The van der Waals surface area contributed by atoms with E-state index >= 15 is 0 Å². The normalized spacial score (nSPS) is 12.0. The lowest BCUT2D eigenvalue weighted by molar-refractivity contribution is 0.0994. The van der Waals surface area contributed by atoms with E-state index in [0.717, 1.165) is 17.1 Å². The van der Waals surface area contributed by atoms with Gasteiger partial charge in [-0.05, 0) is 50.2 Å². The molecule has 1 atom stereocenters. The minimum Gasteiger partial charge on any atom is -0.497 e. The highest BCUT2D eigenvalue weighted by Gasteiger charge is 2.21. The van der Waals surface area contributed by atoms with E-state index in [2.05, 4.69) is 10.2 Å². The first-order chi connectivity index (χ1) is 13.0. The van der Waals surface area contributed by atoms with Crippen molar-refractivity contribution in [1.29, 1.82) is 0 Å². The number of rotatable bonds is 7. The maximum atomic E-state index is 12.7. The molecule has 0 saturated heterocycles. The molecule has 0 aliphatic heterocycles. The van der Waals surface area contributed by atoms with Gasteiger partial charge in [0.25, 0.3) is 0 Å². The Kier molecular flexibility index (Phi) is 6.19. The van der Waals surface area contributed by atoms with E-state index in [-0.39, 0.29) is 11.0 Å². The van der Waals surface area contributed by atoms with Crippen LogP contribution in [0.4, 0.5) is 0 Å². The highest BCUT2D eigenvalue weighted by Crippen LogP contribution is 2.29. The van der Waals surface area contributed by atoms with Crippen molar-refractivity contribution in [3.05, 3.63) is 59.1 Å². The number of carbonyl (C=O) groups excluding carboxylic acids is 1. The van der Waals surface area contributed by atoms with Crippen molar-refractivity contribution in [2.24, 2.45) is 0 Å². The molecule has 0 aliphatic carbocycles. The highest BCUT2D eigenvalue weighted by molar-refractivity contribution is 8.00. The van der Waals surface area contributed by atoms with Gasteiger partial charge in [-0.2, -0.15) is 0 Å². The van der Waals surface area contributed by atoms with E-state index in [0.29, 0.717) is 22.3 Å². The van der Waals surface area contributed by atoms with Crippen LogP contribution >= 0.6 is 23.4 Å². The summed E-state index contributed by atoms with van der Waals surface area (Å²) in [4.78, 5) is 12.7. The van der Waals surface area contributed by atoms with Crippen LogP contribution in [0.2, 0.25) is 5.02 Å². The van der Waals surface area contributed by atoms with Crippen molar-refractivity contribution < 1.29 is 9.53 Å². The van der Waals surface area contributed by atoms with Crippen LogP contribution in [-0.2, 0) is 6.54 Å². The molecule has 1 heterocycles. The Morgan fingerprint density at radius 1 is 1.22 bits per heavy atom. The molecule has 0 fully saturated rings. The van der Waals surface area contributed by atoms with E-state index in [4.69, 9.17) is 16.3 Å². The maximum absolute atomic E-state index is 12.7. The number of hydrogen-bond acceptors (Lipinski definition) is 5. The molecule has 0 radical (unpaired) electrons. The molecular formula is C20H20ClN3O2S. The minimum absolute atomic E-state index is 0.0131. The van der Waals surface area contributed by atoms with Gasteiger partial charge in [-0.1, -0.05) is 35.5 Å². The van der Waals surface area contributed by atoms with Gasteiger partial charge in [0.15, 0.2) is 16.8 Å². The molecule has 7 heteroatoms. The number of Topliss-reactive ketones (excluding diaryl/α,β-unsaturated/α-hetero) is 1. The number of ether oxygens (including phenoxy) is 1. The zero-order chi connectivity index (χ0) is 19.4. The lowest BCUT2D eigenvalue weighted by atomic mass is 10.1. The maximum Gasteiger partial charge on any atom is 0.192 e. The fourth-order valence-electron chi connectivity index (χ4n) is 2.70. The van der Waals surface area contributed by atoms with Gasteiger partial charge in [-0.3, -0.25) is 4.79 Å². The number of aromatic nitrogens is 3. The van der Waals surface area contributed by atoms with Gasteiger partial charge >= 0.3 is 0 Å². The van der Waals surface area contributed by atoms with Crippen LogP contribution < -0.4 is 4.74 Å². The lowest BCUT2D eigenvalue weighted by Crippen LogP contribution is -2.14. The van der Waals surface area contributed by atoms with E-state index in [9.17, 15) is 4.79 Å². The SMILES string of the molecule is CCn1c(S[C@H](C)C(=O)c2cccc(Cl)c2)nnc1-c1ccc(OC)cc1. The van der Waals surface area contributed by atoms with Crippen molar-refractivity contribution in [2.45, 2.75) is 30.8 Å². The van der Waals surface area contributed by atoms with Crippen LogP contribution in [0.15, 0.2) is 53.7 Å². The summed E-state index contributed by atoms with van der Waals surface area (Å²) in [6, 6.07) is 14.7. The number of methoxy groups -OCH3 is 1. The van der Waals surface area contributed by atoms with Crippen molar-refractivity contribution in [3.63, 3.8) is 0 Å². The van der Waals surface area contributed by atoms with Gasteiger partial charge in [-0.15, -0.1) is 10.2 Å². The van der Waals surface area contributed by atoms with Crippen molar-refractivity contribution in [3.8, 4) is 17.1 Å². The Labute approximate surface area is 167 Å². The summed E-state index contributed by atoms with van der Waals surface area (Å²) in [6.07, 6.45) is 0. The molecule has 140 valence electrons. The monoisotopic (exact) mass is 401 g/mol. The van der Waals surface area contributed by atoms with Crippen LogP contribution in [0.3, 0.4) is 0 Å². The quantitative estimate of drug-likeness (QED) is 0.412. The molecule has 1 aromatic heterocycles. The second-order valence-corrected chi connectivity index (χ2v) is 7.66. The highest BCUT2D eigenvalue weighted by atomic mass is 35.5. The molecule has 0 unspecified atom stereocenters. The van der Waals surface area contributed by atoms with Gasteiger partial charge in [0.05, 0.1) is 12.4 Å². The van der Waals surface area contributed by atoms with Crippen LogP contribution in [0.1, 0.15) is 24.2 Å². The summed E-state index contributed by atoms with van der Waals surface area (Å²) < 4.78 is 7.21. The average molecular weight is 402 g/mol. The van der Waals surface area contributed by atoms with Gasteiger partial charge in [0.1, 0.15) is 5.75 Å². The summed E-state index contributed by atoms with van der Waals surface area (Å²) in [5, 5.41) is 9.60. The van der Waals surface area contributed by atoms with Crippen LogP contribution in [0.5, 0.6) is 5.75 Å². The summed E-state index contributed by atoms with van der Waals surface area (Å²) in [7, 11) is 1.64. The number of hydrogen-bond donors (Lipinski definition) is 0. The predicted molar refractivity (Wildman–Crippen MR) is 109 cm³/mol. The first-order valence-electron chi connectivity index (χ1n) is 8.57. The zero-order valence-corrected chi connectivity index (χ0v) is 16.9. The summed E-state index contributed by atoms with van der Waals surface area (Å²) in [6.45, 7) is 4.61. The number of thioether (sulfide) groups is 1. The summed E-state index contributed by atoms with van der Waals surface area (Å²) in [5.74, 6) is 1.57. The van der Waals surface area contributed by atoms with E-state index in [1.807, 2.05) is 42.7 Å². The standard InChI is InChI=1S/C20H20ClN3O2S/c1-4-24-19(14-8-10-17(26-3)11-9-14)22-23-20(24)27-13(2)18(25)15-6-5-7-16(21)12-15/h5-13H,4H2,1-3H3/t13-/m1/s1. The Hall–Kier alpha value is -2.31.